The molecule has 1 rings (SSSR count). The van der Waals surface area contributed by atoms with Crippen LogP contribution in [0.1, 0.15) is 0 Å². The van der Waals surface area contributed by atoms with Crippen LogP contribution < -0.4 is 5.69 Å². The van der Waals surface area contributed by atoms with Gasteiger partial charge >= 0.3 is 5.69 Å². The minimum absolute atomic E-state index is 0.234. The fourth-order valence-electron chi connectivity index (χ4n) is 0.445. The lowest BCUT2D eigenvalue weighted by atomic mass is 10.7. The minimum Gasteiger partial charge on any atom is -0.302 e. The van der Waals surface area contributed by atoms with E-state index in [9.17, 15) is 4.79 Å². The molecule has 0 amide bonds. The van der Waals surface area contributed by atoms with Gasteiger partial charge < -0.3 is 4.57 Å². The highest BCUT2D eigenvalue weighted by atomic mass is 35.5. The van der Waals surface area contributed by atoms with Gasteiger partial charge in [0, 0.05) is 13.2 Å². The number of hydrogen-bond donors (Lipinski definition) is 0. The molecule has 0 aromatic carbocycles. The Balaban J connectivity index is 3.34. The summed E-state index contributed by atoms with van der Waals surface area (Å²) < 4.78 is 1.35. The minimum atomic E-state index is -0.331. The van der Waals surface area contributed by atoms with Gasteiger partial charge in [-0.2, -0.15) is 4.98 Å². The van der Waals surface area contributed by atoms with Crippen LogP contribution in [0.5, 0.6) is 0 Å². The highest BCUT2D eigenvalue weighted by Crippen LogP contribution is 1.95. The number of aryl methyl sites for hydroxylation is 1. The Morgan fingerprint density at radius 2 is 2.44 bits per heavy atom. The van der Waals surface area contributed by atoms with E-state index >= 15 is 0 Å². The lowest BCUT2D eigenvalue weighted by Gasteiger charge is -1.91. The second-order valence-electron chi connectivity index (χ2n) is 1.64. The molecule has 1 aromatic rings. The van der Waals surface area contributed by atoms with Crippen molar-refractivity contribution in [2.45, 2.75) is 0 Å². The van der Waals surface area contributed by atoms with Crippen molar-refractivity contribution in [2.75, 3.05) is 0 Å². The largest absolute Gasteiger partial charge is 0.348 e. The van der Waals surface area contributed by atoms with Crippen molar-refractivity contribution in [1.82, 2.24) is 9.55 Å². The molecule has 0 spiro atoms. The van der Waals surface area contributed by atoms with E-state index in [0.717, 1.165) is 0 Å². The molecule has 0 N–H and O–H groups in total. The third-order valence-electron chi connectivity index (χ3n) is 0.940. The van der Waals surface area contributed by atoms with Crippen LogP contribution in [0.15, 0.2) is 17.1 Å². The van der Waals surface area contributed by atoms with Gasteiger partial charge in [-0.3, -0.25) is 0 Å². The molecule has 0 unspecified atom stereocenters. The zero-order valence-corrected chi connectivity index (χ0v) is 5.59. The van der Waals surface area contributed by atoms with Gasteiger partial charge in [-0.15, -0.1) is 0 Å². The molecule has 0 saturated heterocycles. The smallest absolute Gasteiger partial charge is 0.302 e. The van der Waals surface area contributed by atoms with Crippen molar-refractivity contribution in [1.29, 1.82) is 0 Å². The topological polar surface area (TPSA) is 34.9 Å². The first-order valence-electron chi connectivity index (χ1n) is 2.39. The van der Waals surface area contributed by atoms with Gasteiger partial charge in [0.25, 0.3) is 0 Å². The monoisotopic (exact) mass is 144 g/mol. The van der Waals surface area contributed by atoms with Gasteiger partial charge in [0.15, 0.2) is 0 Å². The van der Waals surface area contributed by atoms with Crippen LogP contribution in [-0.2, 0) is 7.05 Å². The molecular weight excluding hydrogens is 140 g/mol. The van der Waals surface area contributed by atoms with Gasteiger partial charge in [0.05, 0.1) is 0 Å². The molecule has 0 fully saturated rings. The van der Waals surface area contributed by atoms with Crippen molar-refractivity contribution >= 4 is 11.6 Å². The molecule has 1 heterocycles. The normalized spacial score (nSPS) is 9.56. The lowest BCUT2D eigenvalue weighted by molar-refractivity contribution is 0.810. The maximum Gasteiger partial charge on any atom is 0.348 e. The summed E-state index contributed by atoms with van der Waals surface area (Å²) in [5, 5.41) is 0.234. The molecule has 3 nitrogen and oxygen atoms in total. The van der Waals surface area contributed by atoms with Crippen molar-refractivity contribution in [3.63, 3.8) is 0 Å². The SMILES string of the molecule is Cn1ccc(Cl)nc1=O. The molecule has 0 bridgehead atoms. The molecule has 9 heavy (non-hydrogen) atoms. The van der Waals surface area contributed by atoms with Gasteiger partial charge in [-0.1, -0.05) is 11.6 Å². The van der Waals surface area contributed by atoms with Gasteiger partial charge in [0.2, 0.25) is 0 Å². The van der Waals surface area contributed by atoms with Crippen molar-refractivity contribution < 1.29 is 0 Å². The zero-order chi connectivity index (χ0) is 6.85. The summed E-state index contributed by atoms with van der Waals surface area (Å²) in [6.07, 6.45) is 1.57. The van der Waals surface area contributed by atoms with E-state index in [1.54, 1.807) is 19.3 Å². The third kappa shape index (κ3) is 1.29. The van der Waals surface area contributed by atoms with Crippen LogP contribution >= 0.6 is 11.6 Å². The summed E-state index contributed by atoms with van der Waals surface area (Å²) in [6, 6.07) is 1.56. The van der Waals surface area contributed by atoms with Gasteiger partial charge in [-0.05, 0) is 6.07 Å². The zero-order valence-electron chi connectivity index (χ0n) is 4.84. The molecule has 4 heteroatoms. The van der Waals surface area contributed by atoms with Crippen molar-refractivity contribution in [2.24, 2.45) is 7.05 Å². The standard InChI is InChI=1S/C5H5ClN2O/c1-8-3-2-4(6)7-5(8)9/h2-3H,1H3. The molecular formula is C5H5ClN2O. The Kier molecular flexibility index (Phi) is 1.53. The maximum absolute atomic E-state index is 10.6. The first-order valence-corrected chi connectivity index (χ1v) is 2.77. The maximum atomic E-state index is 10.6. The average Bonchev–Trinajstić information content (AvgIpc) is 1.80. The van der Waals surface area contributed by atoms with E-state index < -0.39 is 0 Å². The van der Waals surface area contributed by atoms with E-state index in [1.807, 2.05) is 0 Å². The number of hydrogen-bond acceptors (Lipinski definition) is 2. The molecule has 48 valence electrons. The first-order chi connectivity index (χ1) is 4.20. The fourth-order valence-corrected chi connectivity index (χ4v) is 0.573. The summed E-state index contributed by atoms with van der Waals surface area (Å²) in [7, 11) is 1.62. The predicted octanol–water partition coefficient (Wildman–Crippen LogP) is 0.434. The van der Waals surface area contributed by atoms with E-state index in [2.05, 4.69) is 4.98 Å². The van der Waals surface area contributed by atoms with Crippen molar-refractivity contribution in [3.8, 4) is 0 Å². The molecule has 0 saturated carbocycles. The summed E-state index contributed by atoms with van der Waals surface area (Å²) >= 11 is 5.39. The summed E-state index contributed by atoms with van der Waals surface area (Å²) in [4.78, 5) is 14.1. The average molecular weight is 145 g/mol. The number of aromatic nitrogens is 2. The van der Waals surface area contributed by atoms with Crippen LogP contribution in [0.4, 0.5) is 0 Å². The van der Waals surface area contributed by atoms with Crippen LogP contribution in [0.3, 0.4) is 0 Å². The first kappa shape index (κ1) is 6.29. The van der Waals surface area contributed by atoms with Crippen LogP contribution in [-0.4, -0.2) is 9.55 Å². The van der Waals surface area contributed by atoms with Gasteiger partial charge in [0.1, 0.15) is 5.15 Å². The number of nitrogens with zero attached hydrogens (tertiary/aromatic N) is 2. The Hall–Kier alpha value is -0.830. The number of halogens is 1. The Labute approximate surface area is 56.9 Å². The highest BCUT2D eigenvalue weighted by Gasteiger charge is 1.89. The van der Waals surface area contributed by atoms with Crippen LogP contribution in [0.2, 0.25) is 5.15 Å². The predicted molar refractivity (Wildman–Crippen MR) is 34.5 cm³/mol. The molecule has 0 aliphatic carbocycles. The Morgan fingerprint density at radius 3 is 2.89 bits per heavy atom. The summed E-state index contributed by atoms with van der Waals surface area (Å²) in [5.74, 6) is 0. The molecule has 1 aromatic heterocycles. The van der Waals surface area contributed by atoms with E-state index in [1.165, 1.54) is 4.57 Å². The second-order valence-corrected chi connectivity index (χ2v) is 2.03. The molecule has 0 radical (unpaired) electrons. The lowest BCUT2D eigenvalue weighted by Crippen LogP contribution is -2.18. The van der Waals surface area contributed by atoms with E-state index in [4.69, 9.17) is 11.6 Å². The number of rotatable bonds is 0. The molecule has 0 aliphatic heterocycles. The van der Waals surface area contributed by atoms with Crippen LogP contribution in [0.25, 0.3) is 0 Å². The third-order valence-corrected chi connectivity index (χ3v) is 1.15. The molecule has 0 atom stereocenters. The quantitative estimate of drug-likeness (QED) is 0.495. The Bertz CT molecular complexity index is 268. The van der Waals surface area contributed by atoms with Crippen molar-refractivity contribution in [3.05, 3.63) is 27.9 Å². The summed E-state index contributed by atoms with van der Waals surface area (Å²) in [5.41, 5.74) is -0.331. The highest BCUT2D eigenvalue weighted by molar-refractivity contribution is 6.29. The van der Waals surface area contributed by atoms with E-state index in [0.29, 0.717) is 0 Å². The van der Waals surface area contributed by atoms with Gasteiger partial charge in [-0.25, -0.2) is 4.79 Å². The van der Waals surface area contributed by atoms with Crippen LogP contribution in [0, 0.1) is 0 Å². The van der Waals surface area contributed by atoms with E-state index in [-0.39, 0.29) is 10.8 Å². The summed E-state index contributed by atoms with van der Waals surface area (Å²) in [6.45, 7) is 0. The molecule has 0 aliphatic rings. The second kappa shape index (κ2) is 2.19. The fraction of sp³-hybridized carbons (Fsp3) is 0.200. The Morgan fingerprint density at radius 1 is 1.78 bits per heavy atom.